The predicted molar refractivity (Wildman–Crippen MR) is 45.3 cm³/mol. The minimum atomic E-state index is 0. The third-order valence-electron chi connectivity index (χ3n) is 1.32. The molecule has 0 aliphatic rings. The van der Waals surface area contributed by atoms with Gasteiger partial charge in [-0.1, -0.05) is 26.2 Å². The number of allylic oxidation sites excluding steroid dienone is 1. The molecule has 2 heteroatoms. The van der Waals surface area contributed by atoms with E-state index in [1.54, 1.807) is 5.41 Å². The summed E-state index contributed by atoms with van der Waals surface area (Å²) in [5.41, 5.74) is 0. The molecule has 0 aromatic carbocycles. The first-order chi connectivity index (χ1) is 4.41. The molecule has 0 amide bonds. The van der Waals surface area contributed by atoms with Crippen molar-refractivity contribution < 1.29 is 22.4 Å². The summed E-state index contributed by atoms with van der Waals surface area (Å²) in [6, 6.07) is 0. The fourth-order valence-electron chi connectivity index (χ4n) is 0.757. The first-order valence-corrected chi connectivity index (χ1v) is 4.16. The Labute approximate surface area is 85.4 Å². The van der Waals surface area contributed by atoms with Crippen molar-refractivity contribution in [3.8, 4) is 0 Å². The number of hydrogen-bond acceptors (Lipinski definition) is 1. The minimum absolute atomic E-state index is 0. The van der Waals surface area contributed by atoms with Crippen molar-refractivity contribution in [2.24, 2.45) is 0 Å². The Morgan fingerprint density at radius 3 is 2.40 bits per heavy atom. The van der Waals surface area contributed by atoms with Crippen LogP contribution < -0.4 is 0 Å². The quantitative estimate of drug-likeness (QED) is 0.421. The summed E-state index contributed by atoms with van der Waals surface area (Å²) < 4.78 is 0. The number of hydrogen-bond donors (Lipinski definition) is 0. The maximum absolute atomic E-state index is 4.65. The summed E-state index contributed by atoms with van der Waals surface area (Å²) in [7, 11) is 0. The summed E-state index contributed by atoms with van der Waals surface area (Å²) in [4.78, 5) is 0. The largest absolute Gasteiger partial charge is 1.00 e. The van der Waals surface area contributed by atoms with Crippen molar-refractivity contribution in [3.63, 3.8) is 0 Å². The molecule has 0 unspecified atom stereocenters. The van der Waals surface area contributed by atoms with Gasteiger partial charge in [-0.25, -0.2) is 5.41 Å². The monoisotopic (exact) mass is 340 g/mol. The molecule has 0 aliphatic heterocycles. The van der Waals surface area contributed by atoms with Crippen LogP contribution in [0.25, 0.3) is 0 Å². The van der Waals surface area contributed by atoms with E-state index in [1.807, 2.05) is 0 Å². The first-order valence-electron chi connectivity index (χ1n) is 3.68. The van der Waals surface area contributed by atoms with E-state index < -0.39 is 0 Å². The van der Waals surface area contributed by atoms with E-state index in [4.69, 9.17) is 0 Å². The second-order valence-corrected chi connectivity index (χ2v) is 2.49. The smallest absolute Gasteiger partial charge is 0.788 e. The van der Waals surface area contributed by atoms with Crippen LogP contribution in [0.15, 0.2) is 11.5 Å². The number of unbranched alkanes of at least 4 members (excludes halogenated alkanes) is 4. The van der Waals surface area contributed by atoms with Crippen LogP contribution >= 0.6 is 0 Å². The van der Waals surface area contributed by atoms with Gasteiger partial charge in [0.15, 0.2) is 0 Å². The molecule has 0 aromatic rings. The molecule has 0 aliphatic carbocycles. The van der Waals surface area contributed by atoms with Gasteiger partial charge in [-0.05, 0) is 12.8 Å². The van der Waals surface area contributed by atoms with Gasteiger partial charge in [0.25, 0.3) is 0 Å². The zero-order valence-corrected chi connectivity index (χ0v) is 9.38. The molecule has 0 saturated heterocycles. The van der Waals surface area contributed by atoms with Gasteiger partial charge in [0.05, 0.1) is 0 Å². The molecule has 10 heavy (non-hydrogen) atoms. The van der Waals surface area contributed by atoms with Gasteiger partial charge in [-0.3, -0.25) is 0 Å². The maximum Gasteiger partial charge on any atom is 1.00 e. The Bertz CT molecular complexity index is 71.7. The summed E-state index contributed by atoms with van der Waals surface area (Å²) in [6.07, 6.45) is 8.58. The molecule has 0 saturated carbocycles. The molecule has 0 spiro atoms. The van der Waals surface area contributed by atoms with E-state index in [0.29, 0.717) is 0 Å². The Balaban J connectivity index is 0. The molecule has 0 atom stereocenters. The van der Waals surface area contributed by atoms with Crippen molar-refractivity contribution in [3.05, 3.63) is 11.5 Å². The van der Waals surface area contributed by atoms with Crippen LogP contribution in [0.5, 0.6) is 0 Å². The van der Waals surface area contributed by atoms with Gasteiger partial charge < -0.3 is 12.6 Å². The van der Waals surface area contributed by atoms with Crippen molar-refractivity contribution in [2.75, 3.05) is 0 Å². The third kappa shape index (κ3) is 11.5. The van der Waals surface area contributed by atoms with Gasteiger partial charge >= 0.3 is 22.4 Å². The zero-order chi connectivity index (χ0) is 6.95. The van der Waals surface area contributed by atoms with Crippen LogP contribution in [0.3, 0.4) is 0 Å². The Hall–Kier alpha value is 0.700. The summed E-state index contributed by atoms with van der Waals surface area (Å²) in [5, 5.41) is 1.71. The topological polar surface area (TPSA) is 0 Å². The van der Waals surface area contributed by atoms with Gasteiger partial charge in [0.1, 0.15) is 0 Å². The molecule has 0 N–H and O–H groups in total. The Morgan fingerprint density at radius 2 is 1.90 bits per heavy atom. The van der Waals surface area contributed by atoms with E-state index in [0.717, 1.165) is 0 Å². The third-order valence-corrected chi connectivity index (χ3v) is 1.51. The number of rotatable bonds is 5. The maximum atomic E-state index is 4.65. The molecule has 0 bridgehead atoms. The van der Waals surface area contributed by atoms with Crippen LogP contribution in [0.2, 0.25) is 0 Å². The molecule has 0 aromatic heterocycles. The van der Waals surface area contributed by atoms with Gasteiger partial charge in [-0.15, -0.1) is 6.08 Å². The fourth-order valence-corrected chi connectivity index (χ4v) is 0.893. The zero-order valence-electron chi connectivity index (χ0n) is 6.40. The Kier molecular flexibility index (Phi) is 16.5. The molecule has 0 rings (SSSR count). The van der Waals surface area contributed by atoms with Crippen LogP contribution in [0.1, 0.15) is 39.0 Å². The average Bonchev–Trinajstić information content (AvgIpc) is 1.89. The second kappa shape index (κ2) is 12.4. The molecular weight excluding hydrogens is 325 g/mol. The van der Waals surface area contributed by atoms with Crippen molar-refractivity contribution >= 4 is 12.6 Å². The van der Waals surface area contributed by atoms with E-state index in [1.165, 1.54) is 32.1 Å². The normalized spacial score (nSPS) is 9.70. The molecular formula is C8H15AuS. The summed E-state index contributed by atoms with van der Waals surface area (Å²) >= 11 is 4.65. The Morgan fingerprint density at radius 1 is 1.20 bits per heavy atom. The van der Waals surface area contributed by atoms with E-state index in [9.17, 15) is 0 Å². The second-order valence-electron chi connectivity index (χ2n) is 2.22. The average molecular weight is 340 g/mol. The SMILES string of the molecule is CCCCCC/C=C\[S-].[Au+]. The molecule has 0 fully saturated rings. The minimum Gasteiger partial charge on any atom is -0.788 e. The van der Waals surface area contributed by atoms with Crippen LogP contribution in [-0.4, -0.2) is 0 Å². The van der Waals surface area contributed by atoms with Gasteiger partial charge in [0, 0.05) is 0 Å². The molecule has 0 radical (unpaired) electrons. The van der Waals surface area contributed by atoms with Crippen LogP contribution in [0, 0.1) is 0 Å². The van der Waals surface area contributed by atoms with Crippen molar-refractivity contribution in [1.82, 2.24) is 0 Å². The molecule has 0 nitrogen and oxygen atoms in total. The van der Waals surface area contributed by atoms with Gasteiger partial charge in [0.2, 0.25) is 0 Å². The fraction of sp³-hybridized carbons (Fsp3) is 0.750. The molecule has 0 heterocycles. The van der Waals surface area contributed by atoms with Crippen molar-refractivity contribution in [2.45, 2.75) is 39.0 Å². The van der Waals surface area contributed by atoms with Crippen LogP contribution in [0.4, 0.5) is 0 Å². The predicted octanol–water partition coefficient (Wildman–Crippen LogP) is 3.01. The van der Waals surface area contributed by atoms with E-state index in [-0.39, 0.29) is 22.4 Å². The molecule has 64 valence electrons. The summed E-state index contributed by atoms with van der Waals surface area (Å²) in [6.45, 7) is 2.23. The van der Waals surface area contributed by atoms with E-state index in [2.05, 4.69) is 25.6 Å². The van der Waals surface area contributed by atoms with Crippen LogP contribution in [-0.2, 0) is 35.0 Å². The van der Waals surface area contributed by atoms with E-state index >= 15 is 0 Å². The standard InChI is InChI=1S/C8H16S.Au/c1-2-3-4-5-6-7-8-9;/h7-9H,2-6H2,1H3;/q;+1/p-1/b8-7-;. The first kappa shape index (κ1) is 13.3. The van der Waals surface area contributed by atoms with Gasteiger partial charge in [-0.2, -0.15) is 0 Å². The van der Waals surface area contributed by atoms with Crippen molar-refractivity contribution in [1.29, 1.82) is 0 Å². The summed E-state index contributed by atoms with van der Waals surface area (Å²) in [5.74, 6) is 0.